The molecule has 1 aliphatic carbocycles. The van der Waals surface area contributed by atoms with E-state index in [1.165, 1.54) is 12.1 Å². The van der Waals surface area contributed by atoms with Crippen molar-refractivity contribution >= 4 is 38.4 Å². The average Bonchev–Trinajstić information content (AvgIpc) is 3.44. The normalized spacial score (nSPS) is 17.2. The summed E-state index contributed by atoms with van der Waals surface area (Å²) in [6.07, 6.45) is 5.90. The van der Waals surface area contributed by atoms with Crippen LogP contribution in [0.5, 0.6) is 11.5 Å². The minimum Gasteiger partial charge on any atom is -0.497 e. The zero-order valence-electron chi connectivity index (χ0n) is 27.6. The van der Waals surface area contributed by atoms with Crippen LogP contribution in [0.2, 0.25) is 0 Å². The van der Waals surface area contributed by atoms with Gasteiger partial charge in [-0.05, 0) is 111 Å². The van der Waals surface area contributed by atoms with Gasteiger partial charge in [0, 0.05) is 27.5 Å². The van der Waals surface area contributed by atoms with E-state index in [2.05, 4.69) is 92.7 Å². The fourth-order valence-corrected chi connectivity index (χ4v) is 8.80. The molecule has 2 nitrogen and oxygen atoms in total. The minimum absolute atomic E-state index is 0.254. The van der Waals surface area contributed by atoms with Crippen LogP contribution in [0.15, 0.2) is 121 Å². The Bertz CT molecular complexity index is 2510. The van der Waals surface area contributed by atoms with E-state index in [4.69, 9.17) is 9.47 Å². The number of methoxy groups -OCH3 is 1. The van der Waals surface area contributed by atoms with Gasteiger partial charge in [-0.15, -0.1) is 0 Å². The predicted molar refractivity (Wildman–Crippen MR) is 196 cm³/mol. The Morgan fingerprint density at radius 3 is 2.10 bits per heavy atom. The summed E-state index contributed by atoms with van der Waals surface area (Å²) in [5, 5.41) is 6.06. The lowest BCUT2D eigenvalue weighted by molar-refractivity contribution is 0.165. The highest BCUT2D eigenvalue weighted by molar-refractivity contribution is 6.11. The highest BCUT2D eigenvalue weighted by Gasteiger charge is 2.47. The number of fused-ring (bicyclic) bond motifs is 11. The van der Waals surface area contributed by atoms with E-state index >= 15 is 4.39 Å². The molecule has 0 fully saturated rings. The second-order valence-electron chi connectivity index (χ2n) is 13.3. The Morgan fingerprint density at radius 1 is 0.653 bits per heavy atom. The van der Waals surface area contributed by atoms with Gasteiger partial charge < -0.3 is 9.47 Å². The molecule has 0 radical (unpaired) electrons. The predicted octanol–water partition coefficient (Wildman–Crippen LogP) is 11.9. The average molecular weight is 645 g/mol. The van der Waals surface area contributed by atoms with Gasteiger partial charge in [0.05, 0.1) is 7.11 Å². The van der Waals surface area contributed by atoms with Crippen LogP contribution in [-0.2, 0) is 11.0 Å². The quantitative estimate of drug-likeness (QED) is 0.174. The van der Waals surface area contributed by atoms with Crippen molar-refractivity contribution in [2.75, 3.05) is 7.11 Å². The number of benzene rings is 7. The van der Waals surface area contributed by atoms with Crippen LogP contribution < -0.4 is 9.47 Å². The highest BCUT2D eigenvalue weighted by Crippen LogP contribution is 2.60. The Hall–Kier alpha value is -5.48. The second-order valence-corrected chi connectivity index (χ2v) is 13.3. The molecule has 7 aromatic rings. The van der Waals surface area contributed by atoms with Gasteiger partial charge in [0.15, 0.2) is 5.60 Å². The molecule has 0 bridgehead atoms. The van der Waals surface area contributed by atoms with E-state index < -0.39 is 11.0 Å². The third-order valence-electron chi connectivity index (χ3n) is 11.1. The molecule has 0 amide bonds. The summed E-state index contributed by atoms with van der Waals surface area (Å²) in [5.41, 5.74) is 5.45. The standard InChI is InChI=1S/C45H34F2O2/c1-4-44(5-2)39-26-30(47)17-21-36(39)41-35-20-16-29(46)25-38(35)43-37(42(41)44)22-23-45(49-43,28-14-18-31(48-3)19-15-28)40-24-27-10-6-7-11-32(27)33-12-8-9-13-34(33)40/h6-26H,4-5H2,1-3H3. The second kappa shape index (κ2) is 10.8. The topological polar surface area (TPSA) is 18.5 Å². The van der Waals surface area contributed by atoms with Crippen LogP contribution in [0.3, 0.4) is 0 Å². The van der Waals surface area contributed by atoms with Gasteiger partial charge in [-0.3, -0.25) is 0 Å². The maximum Gasteiger partial charge on any atom is 0.178 e. The lowest BCUT2D eigenvalue weighted by Crippen LogP contribution is -2.35. The molecule has 0 aromatic heterocycles. The maximum absolute atomic E-state index is 15.4. The zero-order valence-corrected chi connectivity index (χ0v) is 27.6. The molecule has 240 valence electrons. The molecule has 1 atom stereocenters. The van der Waals surface area contributed by atoms with E-state index in [1.807, 2.05) is 24.3 Å². The van der Waals surface area contributed by atoms with Crippen LogP contribution in [-0.4, -0.2) is 7.11 Å². The van der Waals surface area contributed by atoms with Crippen molar-refractivity contribution in [3.05, 3.63) is 161 Å². The van der Waals surface area contributed by atoms with Crippen LogP contribution in [0.25, 0.3) is 49.5 Å². The summed E-state index contributed by atoms with van der Waals surface area (Å²) in [5.74, 6) is 0.779. The Morgan fingerprint density at radius 2 is 1.35 bits per heavy atom. The fourth-order valence-electron chi connectivity index (χ4n) is 8.80. The largest absolute Gasteiger partial charge is 0.497 e. The first-order chi connectivity index (χ1) is 23.9. The molecule has 0 N–H and O–H groups in total. The third-order valence-corrected chi connectivity index (χ3v) is 11.1. The summed E-state index contributed by atoms with van der Waals surface area (Å²) in [4.78, 5) is 0. The summed E-state index contributed by atoms with van der Waals surface area (Å²) < 4.78 is 43.5. The van der Waals surface area contributed by atoms with E-state index in [0.717, 1.165) is 84.5 Å². The summed E-state index contributed by atoms with van der Waals surface area (Å²) in [7, 11) is 1.66. The lowest BCUT2D eigenvalue weighted by atomic mass is 9.71. The van der Waals surface area contributed by atoms with Gasteiger partial charge in [-0.1, -0.05) is 92.7 Å². The summed E-state index contributed by atoms with van der Waals surface area (Å²) in [6, 6.07) is 37.2. The number of hydrogen-bond acceptors (Lipinski definition) is 2. The zero-order chi connectivity index (χ0) is 33.5. The van der Waals surface area contributed by atoms with E-state index in [-0.39, 0.29) is 11.6 Å². The van der Waals surface area contributed by atoms with Gasteiger partial charge in [0.1, 0.15) is 23.1 Å². The molecule has 0 saturated heterocycles. The molecule has 2 aliphatic rings. The van der Waals surface area contributed by atoms with Gasteiger partial charge in [-0.2, -0.15) is 0 Å². The SMILES string of the molecule is CCC1(CC)c2cc(F)ccc2-c2c1c1c(c3cc(F)ccc23)OC(c2ccc(OC)cc2)(c2cc3ccccc3c3ccccc23)C=C1. The molecule has 9 rings (SSSR count). The molecule has 0 spiro atoms. The Labute approximate surface area is 284 Å². The van der Waals surface area contributed by atoms with Crippen molar-refractivity contribution in [3.8, 4) is 22.6 Å². The molecule has 0 saturated carbocycles. The molecular formula is C45H34F2O2. The van der Waals surface area contributed by atoms with Crippen molar-refractivity contribution in [3.63, 3.8) is 0 Å². The van der Waals surface area contributed by atoms with E-state index in [1.54, 1.807) is 19.2 Å². The van der Waals surface area contributed by atoms with Crippen LogP contribution in [0, 0.1) is 11.6 Å². The molecule has 49 heavy (non-hydrogen) atoms. The molecular weight excluding hydrogens is 610 g/mol. The van der Waals surface area contributed by atoms with Crippen molar-refractivity contribution in [1.82, 2.24) is 0 Å². The Balaban J connectivity index is 1.41. The van der Waals surface area contributed by atoms with Crippen LogP contribution in [0.1, 0.15) is 54.5 Å². The van der Waals surface area contributed by atoms with Gasteiger partial charge in [-0.25, -0.2) is 8.78 Å². The van der Waals surface area contributed by atoms with Crippen molar-refractivity contribution in [2.24, 2.45) is 0 Å². The van der Waals surface area contributed by atoms with Crippen molar-refractivity contribution in [1.29, 1.82) is 0 Å². The van der Waals surface area contributed by atoms with Crippen LogP contribution >= 0.6 is 0 Å². The number of ether oxygens (including phenoxy) is 2. The van der Waals surface area contributed by atoms with Crippen molar-refractivity contribution in [2.45, 2.75) is 37.7 Å². The molecule has 1 heterocycles. The van der Waals surface area contributed by atoms with Gasteiger partial charge >= 0.3 is 0 Å². The molecule has 1 aliphatic heterocycles. The highest BCUT2D eigenvalue weighted by atomic mass is 19.1. The maximum atomic E-state index is 15.4. The number of rotatable bonds is 5. The first kappa shape index (κ1) is 29.6. The smallest absolute Gasteiger partial charge is 0.178 e. The third kappa shape index (κ3) is 4.04. The first-order valence-corrected chi connectivity index (χ1v) is 17.0. The summed E-state index contributed by atoms with van der Waals surface area (Å²) in [6.45, 7) is 4.34. The first-order valence-electron chi connectivity index (χ1n) is 17.0. The fraction of sp³-hybridized carbons (Fsp3) is 0.156. The molecule has 7 aromatic carbocycles. The Kier molecular flexibility index (Phi) is 6.51. The molecule has 1 unspecified atom stereocenters. The lowest BCUT2D eigenvalue weighted by Gasteiger charge is -2.40. The number of halogens is 2. The van der Waals surface area contributed by atoms with Crippen LogP contribution in [0.4, 0.5) is 8.78 Å². The van der Waals surface area contributed by atoms with Gasteiger partial charge in [0.2, 0.25) is 0 Å². The number of hydrogen-bond donors (Lipinski definition) is 0. The minimum atomic E-state index is -1.07. The molecule has 4 heteroatoms. The summed E-state index contributed by atoms with van der Waals surface area (Å²) >= 11 is 0. The van der Waals surface area contributed by atoms with Crippen molar-refractivity contribution < 1.29 is 18.3 Å². The monoisotopic (exact) mass is 644 g/mol. The van der Waals surface area contributed by atoms with E-state index in [0.29, 0.717) is 11.1 Å². The van der Waals surface area contributed by atoms with E-state index in [9.17, 15) is 4.39 Å². The van der Waals surface area contributed by atoms with Gasteiger partial charge in [0.25, 0.3) is 0 Å².